The van der Waals surface area contributed by atoms with Gasteiger partial charge in [0.2, 0.25) is 5.75 Å². The number of aromatic nitrogens is 1. The van der Waals surface area contributed by atoms with Gasteiger partial charge in [0.05, 0.1) is 51.5 Å². The van der Waals surface area contributed by atoms with E-state index in [2.05, 4.69) is 0 Å². The number of fused-ring (bicyclic) bond motifs is 1. The fourth-order valence-electron chi connectivity index (χ4n) is 5.33. The van der Waals surface area contributed by atoms with E-state index in [0.717, 1.165) is 29.5 Å². The van der Waals surface area contributed by atoms with Crippen LogP contribution in [0.25, 0.3) is 11.8 Å². The molecule has 0 N–H and O–H groups in total. The van der Waals surface area contributed by atoms with Crippen LogP contribution in [-0.2, 0) is 9.53 Å². The van der Waals surface area contributed by atoms with Gasteiger partial charge in [-0.05, 0) is 54.5 Å². The maximum atomic E-state index is 14.1. The molecule has 49 heavy (non-hydrogen) atoms. The van der Waals surface area contributed by atoms with Gasteiger partial charge < -0.3 is 14.2 Å². The van der Waals surface area contributed by atoms with E-state index in [0.29, 0.717) is 37.5 Å². The average Bonchev–Trinajstić information content (AvgIpc) is 3.42. The highest BCUT2D eigenvalue weighted by Crippen LogP contribution is 2.37. The van der Waals surface area contributed by atoms with Gasteiger partial charge in [0, 0.05) is 11.6 Å². The Morgan fingerprint density at radius 1 is 0.939 bits per heavy atom. The van der Waals surface area contributed by atoms with Gasteiger partial charge in [-0.15, -0.1) is 0 Å². The van der Waals surface area contributed by atoms with Crippen LogP contribution in [0.2, 0.25) is 0 Å². The maximum absolute atomic E-state index is 14.1. The highest BCUT2D eigenvalue weighted by atomic mass is 32.1. The first kappa shape index (κ1) is 32.5. The van der Waals surface area contributed by atoms with E-state index in [-0.39, 0.29) is 29.2 Å². The van der Waals surface area contributed by atoms with Crippen molar-refractivity contribution in [2.45, 2.75) is 13.0 Å². The Balaban J connectivity index is 1.45. The van der Waals surface area contributed by atoms with Gasteiger partial charge in [0.15, 0.2) is 4.80 Å². The Morgan fingerprint density at radius 3 is 2.37 bits per heavy atom. The highest BCUT2D eigenvalue weighted by molar-refractivity contribution is 7.07. The lowest BCUT2D eigenvalue weighted by Crippen LogP contribution is -2.40. The SMILES string of the molecule is CCOC(=O)C1=C(c2ccccc2)N=c2s/c(=C\c3ccc(Oc4ccc([N+](=O)[O-])cc4[N+](=O)[O-])cc3)c(=O)n2[C@H]1c1cccc(OC)c1. The minimum absolute atomic E-state index is 0.122. The number of methoxy groups -OCH3 is 1. The second kappa shape index (κ2) is 13.8. The van der Waals surface area contributed by atoms with Crippen molar-refractivity contribution in [1.82, 2.24) is 4.57 Å². The van der Waals surface area contributed by atoms with Crippen molar-refractivity contribution in [2.24, 2.45) is 4.99 Å². The Kier molecular flexibility index (Phi) is 9.13. The number of carbonyl (C=O) groups excluding carboxylic acids is 1. The zero-order valence-electron chi connectivity index (χ0n) is 26.0. The topological polar surface area (TPSA) is 165 Å². The van der Waals surface area contributed by atoms with Crippen molar-refractivity contribution in [3.63, 3.8) is 0 Å². The second-order valence-electron chi connectivity index (χ2n) is 10.5. The van der Waals surface area contributed by atoms with E-state index in [1.54, 1.807) is 55.5 Å². The fraction of sp³-hybridized carbons (Fsp3) is 0.114. The van der Waals surface area contributed by atoms with E-state index in [1.807, 2.05) is 36.4 Å². The smallest absolute Gasteiger partial charge is 0.338 e. The summed E-state index contributed by atoms with van der Waals surface area (Å²) in [7, 11) is 1.53. The number of rotatable bonds is 10. The summed E-state index contributed by atoms with van der Waals surface area (Å²) in [5.74, 6) is 0.0134. The molecule has 0 saturated heterocycles. The molecule has 1 aliphatic rings. The van der Waals surface area contributed by atoms with Crippen LogP contribution in [-0.4, -0.2) is 34.1 Å². The van der Waals surface area contributed by atoms with Crippen molar-refractivity contribution in [3.8, 4) is 17.2 Å². The lowest BCUT2D eigenvalue weighted by Gasteiger charge is -2.26. The minimum Gasteiger partial charge on any atom is -0.497 e. The van der Waals surface area contributed by atoms with Crippen molar-refractivity contribution >= 4 is 40.5 Å². The molecule has 0 amide bonds. The number of nitro groups is 2. The predicted molar refractivity (Wildman–Crippen MR) is 180 cm³/mol. The number of hydrogen-bond donors (Lipinski definition) is 0. The van der Waals surface area contributed by atoms with E-state index < -0.39 is 33.2 Å². The number of ether oxygens (including phenoxy) is 3. The molecule has 1 atom stereocenters. The zero-order chi connectivity index (χ0) is 34.7. The Hall–Kier alpha value is -6.41. The number of nitro benzene ring substituents is 2. The molecule has 0 spiro atoms. The Labute approximate surface area is 281 Å². The second-order valence-corrected chi connectivity index (χ2v) is 11.6. The molecule has 0 radical (unpaired) electrons. The molecule has 14 heteroatoms. The Morgan fingerprint density at radius 2 is 1.69 bits per heavy atom. The molecule has 0 aliphatic carbocycles. The minimum atomic E-state index is -0.879. The van der Waals surface area contributed by atoms with Gasteiger partial charge in [-0.3, -0.25) is 29.6 Å². The van der Waals surface area contributed by atoms with Crippen LogP contribution >= 0.6 is 11.3 Å². The van der Waals surface area contributed by atoms with Crippen molar-refractivity contribution in [2.75, 3.05) is 13.7 Å². The van der Waals surface area contributed by atoms with Crippen LogP contribution < -0.4 is 24.4 Å². The van der Waals surface area contributed by atoms with Gasteiger partial charge in [0.1, 0.15) is 11.5 Å². The molecule has 13 nitrogen and oxygen atoms in total. The molecule has 0 fully saturated rings. The summed E-state index contributed by atoms with van der Waals surface area (Å²) < 4.78 is 18.5. The molecule has 6 rings (SSSR count). The zero-order valence-corrected chi connectivity index (χ0v) is 26.8. The lowest BCUT2D eigenvalue weighted by atomic mass is 9.93. The monoisotopic (exact) mass is 678 g/mol. The number of nitrogens with zero attached hydrogens (tertiary/aromatic N) is 4. The number of thiazole rings is 1. The van der Waals surface area contributed by atoms with Crippen LogP contribution in [0.1, 0.15) is 29.7 Å². The molecular formula is C35H26N4O9S. The summed E-state index contributed by atoms with van der Waals surface area (Å²) in [6.07, 6.45) is 1.67. The first-order valence-corrected chi connectivity index (χ1v) is 15.6. The molecule has 0 bridgehead atoms. The number of carbonyl (C=O) groups is 1. The van der Waals surface area contributed by atoms with E-state index in [4.69, 9.17) is 19.2 Å². The van der Waals surface area contributed by atoms with Crippen molar-refractivity contribution < 1.29 is 28.9 Å². The molecule has 2 heterocycles. The molecule has 1 aromatic heterocycles. The van der Waals surface area contributed by atoms with Crippen LogP contribution in [0.4, 0.5) is 11.4 Å². The quantitative estimate of drug-likeness (QED) is 0.105. The summed E-state index contributed by atoms with van der Waals surface area (Å²) in [4.78, 5) is 54.1. The fourth-order valence-corrected chi connectivity index (χ4v) is 6.33. The number of esters is 1. The molecule has 4 aromatic carbocycles. The molecule has 246 valence electrons. The number of hydrogen-bond acceptors (Lipinski definition) is 11. The third-order valence-corrected chi connectivity index (χ3v) is 8.52. The first-order valence-electron chi connectivity index (χ1n) is 14.8. The maximum Gasteiger partial charge on any atom is 0.338 e. The van der Waals surface area contributed by atoms with Crippen LogP contribution in [0, 0.1) is 20.2 Å². The summed E-state index contributed by atoms with van der Waals surface area (Å²) >= 11 is 1.16. The van der Waals surface area contributed by atoms with Crippen LogP contribution in [0.3, 0.4) is 0 Å². The standard InChI is InChI=1S/C35H26N4O9S/c1-3-47-34(41)30-31(22-8-5-4-6-9-22)36-35-37(32(30)23-10-7-11-26(19-23)46-2)33(40)29(49-35)18-21-12-15-25(16-13-21)48-28-17-14-24(38(42)43)20-27(28)39(44)45/h4-20,32H,3H2,1-2H3/b29-18-/t32-/m0/s1. The van der Waals surface area contributed by atoms with Gasteiger partial charge in [0.25, 0.3) is 11.2 Å². The van der Waals surface area contributed by atoms with Crippen molar-refractivity contribution in [3.05, 3.63) is 159 Å². The third-order valence-electron chi connectivity index (χ3n) is 7.54. The summed E-state index contributed by atoms with van der Waals surface area (Å²) in [5, 5.41) is 22.6. The van der Waals surface area contributed by atoms with E-state index in [9.17, 15) is 29.8 Å². The normalized spacial score (nSPS) is 14.1. The third kappa shape index (κ3) is 6.57. The van der Waals surface area contributed by atoms with Crippen LogP contribution in [0.15, 0.2) is 112 Å². The highest BCUT2D eigenvalue weighted by Gasteiger charge is 2.35. The first-order chi connectivity index (χ1) is 23.7. The molecule has 0 saturated carbocycles. The largest absolute Gasteiger partial charge is 0.497 e. The van der Waals surface area contributed by atoms with E-state index >= 15 is 0 Å². The van der Waals surface area contributed by atoms with Gasteiger partial charge in [-0.1, -0.05) is 65.9 Å². The molecule has 1 aliphatic heterocycles. The predicted octanol–water partition coefficient (Wildman–Crippen LogP) is 5.55. The molecule has 5 aromatic rings. The van der Waals surface area contributed by atoms with Crippen LogP contribution in [0.5, 0.6) is 17.2 Å². The molecular weight excluding hydrogens is 652 g/mol. The summed E-state index contributed by atoms with van der Waals surface area (Å²) in [6, 6.07) is 25.0. The summed E-state index contributed by atoms with van der Waals surface area (Å²) in [5.41, 5.74) is 1.15. The van der Waals surface area contributed by atoms with Gasteiger partial charge >= 0.3 is 11.7 Å². The van der Waals surface area contributed by atoms with E-state index in [1.165, 1.54) is 11.7 Å². The number of non-ortho nitro benzene ring substituents is 1. The van der Waals surface area contributed by atoms with Gasteiger partial charge in [-0.25, -0.2) is 9.79 Å². The number of benzene rings is 4. The summed E-state index contributed by atoms with van der Waals surface area (Å²) in [6.45, 7) is 1.83. The Bertz CT molecular complexity index is 2310. The lowest BCUT2D eigenvalue weighted by molar-refractivity contribution is -0.394. The average molecular weight is 679 g/mol. The molecule has 0 unspecified atom stereocenters. The van der Waals surface area contributed by atoms with Crippen molar-refractivity contribution in [1.29, 1.82) is 0 Å². The van der Waals surface area contributed by atoms with Gasteiger partial charge in [-0.2, -0.15) is 0 Å².